The van der Waals surface area contributed by atoms with E-state index in [-0.39, 0.29) is 19.8 Å². The van der Waals surface area contributed by atoms with E-state index >= 15 is 0 Å². The Labute approximate surface area is 272 Å². The monoisotopic (exact) mass is 645 g/mol. The van der Waals surface area contributed by atoms with Crippen molar-refractivity contribution >= 4 is 17.6 Å². The number of rotatable bonds is 12. The second-order valence-corrected chi connectivity index (χ2v) is 11.8. The zero-order valence-electron chi connectivity index (χ0n) is 25.9. The summed E-state index contributed by atoms with van der Waals surface area (Å²) in [5.41, 5.74) is 5.46. The van der Waals surface area contributed by atoms with Crippen LogP contribution in [0.3, 0.4) is 0 Å². The third-order valence-corrected chi connectivity index (χ3v) is 8.43. The van der Waals surface area contributed by atoms with Gasteiger partial charge >= 0.3 is 5.97 Å². The molecule has 1 atom stereocenters. The number of dihydropyridines is 1. The van der Waals surface area contributed by atoms with Gasteiger partial charge in [0, 0.05) is 36.5 Å². The molecule has 0 saturated carbocycles. The van der Waals surface area contributed by atoms with Gasteiger partial charge in [-0.25, -0.2) is 0 Å². The van der Waals surface area contributed by atoms with Crippen LogP contribution in [-0.2, 0) is 17.9 Å². The average Bonchev–Trinajstić information content (AvgIpc) is 3.07. The van der Waals surface area contributed by atoms with Gasteiger partial charge in [-0.1, -0.05) is 35.9 Å². The largest absolute Gasteiger partial charge is 0.489 e. The molecule has 0 fully saturated rings. The van der Waals surface area contributed by atoms with Gasteiger partial charge in [-0.2, -0.15) is 5.26 Å². The minimum absolute atomic E-state index is 0.0510. The number of nitrogens with one attached hydrogen (secondary N) is 2. The number of nitrogens with zero attached hydrogens (tertiary/aromatic N) is 1. The molecule has 0 aromatic heterocycles. The number of fused-ring (bicyclic) bond motifs is 1. The first-order chi connectivity index (χ1) is 22.1. The maximum Gasteiger partial charge on any atom is 0.326 e. The number of carbonyl (C=O) groups is 1. The minimum Gasteiger partial charge on any atom is -0.489 e. The zero-order valence-corrected chi connectivity index (χ0v) is 26.7. The van der Waals surface area contributed by atoms with Gasteiger partial charge in [0.1, 0.15) is 49.5 Å². The van der Waals surface area contributed by atoms with E-state index in [0.717, 1.165) is 44.9 Å². The summed E-state index contributed by atoms with van der Waals surface area (Å²) in [7, 11) is 0. The molecule has 3 aromatic rings. The molecular formula is C35H36ClN3O7. The van der Waals surface area contributed by atoms with Crippen molar-refractivity contribution in [2.24, 2.45) is 0 Å². The molecular weight excluding hydrogens is 610 g/mol. The van der Waals surface area contributed by atoms with Crippen molar-refractivity contribution in [3.05, 3.63) is 93.2 Å². The highest BCUT2D eigenvalue weighted by Gasteiger charge is 2.32. The maximum absolute atomic E-state index is 11.8. The van der Waals surface area contributed by atoms with E-state index in [2.05, 4.69) is 22.8 Å². The fraction of sp³-hybridized carbons (Fsp3) is 0.314. The van der Waals surface area contributed by atoms with E-state index < -0.39 is 18.1 Å². The summed E-state index contributed by atoms with van der Waals surface area (Å²) >= 11 is 6.69. The molecule has 0 amide bonds. The number of ether oxygens (including phenoxy) is 4. The average molecular weight is 646 g/mol. The number of hydrogen-bond donors (Lipinski definition) is 4. The van der Waals surface area contributed by atoms with Crippen molar-refractivity contribution in [1.82, 2.24) is 10.6 Å². The van der Waals surface area contributed by atoms with E-state index in [1.54, 1.807) is 24.4 Å². The normalized spacial score (nSPS) is 15.0. The molecule has 11 heteroatoms. The number of hydrogen-bond acceptors (Lipinski definition) is 9. The molecule has 5 rings (SSSR count). The second kappa shape index (κ2) is 14.2. The van der Waals surface area contributed by atoms with Gasteiger partial charge in [-0.15, -0.1) is 0 Å². The first kappa shape index (κ1) is 32.7. The Morgan fingerprint density at radius 1 is 1.07 bits per heavy atom. The number of aliphatic hydroxyl groups excluding tert-OH is 1. The second-order valence-electron chi connectivity index (χ2n) is 11.4. The van der Waals surface area contributed by atoms with Crippen LogP contribution in [-0.4, -0.2) is 54.7 Å². The van der Waals surface area contributed by atoms with Crippen molar-refractivity contribution in [2.75, 3.05) is 33.0 Å². The smallest absolute Gasteiger partial charge is 0.326 e. The van der Waals surface area contributed by atoms with E-state index in [4.69, 9.17) is 30.5 Å². The van der Waals surface area contributed by atoms with Crippen molar-refractivity contribution in [3.63, 3.8) is 0 Å². The summed E-state index contributed by atoms with van der Waals surface area (Å²) < 4.78 is 24.1. The third kappa shape index (κ3) is 7.07. The van der Waals surface area contributed by atoms with Gasteiger partial charge in [0.05, 0.1) is 17.2 Å². The molecule has 0 aliphatic carbocycles. The molecule has 0 bridgehead atoms. The predicted molar refractivity (Wildman–Crippen MR) is 173 cm³/mol. The summed E-state index contributed by atoms with van der Waals surface area (Å²) in [6.45, 7) is 6.86. The first-order valence-electron chi connectivity index (χ1n) is 14.8. The molecule has 4 N–H and O–H groups in total. The Bertz CT molecular complexity index is 1750. The topological polar surface area (TPSA) is 142 Å². The van der Waals surface area contributed by atoms with E-state index in [0.29, 0.717) is 47.4 Å². The SMILES string of the molecule is Cc1c(COc2cc(OCC3=CC(C#N)=CNC3)c(CN[C@](C)(CO)C(=O)O)cc2Cl)cccc1-c1ccc2c(c1C)OCCO2. The highest BCUT2D eigenvalue weighted by Crippen LogP contribution is 2.41. The molecule has 0 unspecified atom stereocenters. The number of carboxylic acids is 1. The number of allylic oxidation sites excluding steroid dienone is 2. The van der Waals surface area contributed by atoms with Gasteiger partial charge in [-0.05, 0) is 66.8 Å². The Kier molecular flexibility index (Phi) is 10.1. The van der Waals surface area contributed by atoms with Crippen molar-refractivity contribution in [2.45, 2.75) is 39.5 Å². The zero-order chi connectivity index (χ0) is 32.8. The van der Waals surface area contributed by atoms with Crippen LogP contribution in [0.25, 0.3) is 11.1 Å². The van der Waals surface area contributed by atoms with Crippen LogP contribution >= 0.6 is 11.6 Å². The molecule has 0 saturated heterocycles. The van der Waals surface area contributed by atoms with Gasteiger partial charge in [0.2, 0.25) is 0 Å². The molecule has 10 nitrogen and oxygen atoms in total. The maximum atomic E-state index is 11.8. The fourth-order valence-corrected chi connectivity index (χ4v) is 5.46. The number of benzene rings is 3. The summed E-state index contributed by atoms with van der Waals surface area (Å²) in [6, 6.07) is 15.5. The standard InChI is InChI=1S/C35H36ClN3O7/c1-21-25(5-4-6-27(21)28-7-8-30-33(22(28)2)44-10-9-43-30)19-46-32-13-31(45-18-24-11-23(14-37)15-38-16-24)26(12-29(32)36)17-39-35(3,20-40)34(41)42/h4-8,11-13,15,38-40H,9-10,16-20H2,1-3H3,(H,41,42)/t35-/m1/s1. The van der Waals surface area contributed by atoms with Crippen LogP contribution in [0.2, 0.25) is 5.02 Å². The molecule has 2 aliphatic rings. The fourth-order valence-electron chi connectivity index (χ4n) is 5.22. The van der Waals surface area contributed by atoms with E-state index in [1.165, 1.54) is 6.92 Å². The molecule has 2 aliphatic heterocycles. The number of nitriles is 1. The lowest BCUT2D eigenvalue weighted by Gasteiger charge is -2.25. The molecule has 0 spiro atoms. The van der Waals surface area contributed by atoms with Gasteiger partial charge in [-0.3, -0.25) is 10.1 Å². The lowest BCUT2D eigenvalue weighted by molar-refractivity contribution is -0.145. The lowest BCUT2D eigenvalue weighted by Crippen LogP contribution is -2.52. The van der Waals surface area contributed by atoms with Crippen LogP contribution in [0.5, 0.6) is 23.0 Å². The Morgan fingerprint density at radius 2 is 1.83 bits per heavy atom. The Morgan fingerprint density at radius 3 is 2.59 bits per heavy atom. The summed E-state index contributed by atoms with van der Waals surface area (Å²) in [5, 5.41) is 34.8. The van der Waals surface area contributed by atoms with Crippen molar-refractivity contribution in [3.8, 4) is 40.2 Å². The van der Waals surface area contributed by atoms with Crippen LogP contribution in [0.1, 0.15) is 29.2 Å². The van der Waals surface area contributed by atoms with Gasteiger partial charge < -0.3 is 34.5 Å². The van der Waals surface area contributed by atoms with Crippen LogP contribution < -0.4 is 29.6 Å². The van der Waals surface area contributed by atoms with Crippen LogP contribution in [0.15, 0.2) is 65.9 Å². The number of aliphatic carboxylic acids is 1. The summed E-state index contributed by atoms with van der Waals surface area (Å²) in [4.78, 5) is 11.8. The van der Waals surface area contributed by atoms with E-state index in [9.17, 15) is 20.3 Å². The Hall–Kier alpha value is -4.69. The van der Waals surface area contributed by atoms with Gasteiger partial charge in [0.15, 0.2) is 11.5 Å². The molecule has 46 heavy (non-hydrogen) atoms. The number of carboxylic acid groups (broad SMARTS) is 1. The molecule has 0 radical (unpaired) electrons. The highest BCUT2D eigenvalue weighted by molar-refractivity contribution is 6.32. The quantitative estimate of drug-likeness (QED) is 0.207. The Balaban J connectivity index is 1.40. The number of aliphatic hydroxyl groups is 1. The molecule has 3 aromatic carbocycles. The summed E-state index contributed by atoms with van der Waals surface area (Å²) in [6.07, 6.45) is 3.40. The third-order valence-electron chi connectivity index (χ3n) is 8.14. The first-order valence-corrected chi connectivity index (χ1v) is 15.2. The van der Waals surface area contributed by atoms with Gasteiger partial charge in [0.25, 0.3) is 0 Å². The number of halogens is 1. The summed E-state index contributed by atoms with van der Waals surface area (Å²) in [5.74, 6) is 1.13. The lowest BCUT2D eigenvalue weighted by atomic mass is 9.93. The van der Waals surface area contributed by atoms with E-state index in [1.807, 2.05) is 38.1 Å². The highest BCUT2D eigenvalue weighted by atomic mass is 35.5. The predicted octanol–water partition coefficient (Wildman–Crippen LogP) is 5.22. The van der Waals surface area contributed by atoms with Crippen LogP contribution in [0, 0.1) is 25.2 Å². The van der Waals surface area contributed by atoms with Crippen molar-refractivity contribution < 1.29 is 34.0 Å². The van der Waals surface area contributed by atoms with Crippen molar-refractivity contribution in [1.29, 1.82) is 5.26 Å². The molecule has 2 heterocycles. The van der Waals surface area contributed by atoms with Crippen LogP contribution in [0.4, 0.5) is 0 Å². The minimum atomic E-state index is -1.57. The molecule has 240 valence electrons.